The van der Waals surface area contributed by atoms with Crippen molar-refractivity contribution in [3.8, 4) is 11.8 Å². The van der Waals surface area contributed by atoms with Crippen molar-refractivity contribution < 1.29 is 15.0 Å². The van der Waals surface area contributed by atoms with Gasteiger partial charge >= 0.3 is 0 Å². The van der Waals surface area contributed by atoms with Crippen LogP contribution in [-0.4, -0.2) is 47.3 Å². The van der Waals surface area contributed by atoms with Crippen LogP contribution in [0.2, 0.25) is 0 Å². The van der Waals surface area contributed by atoms with Gasteiger partial charge in [0.15, 0.2) is 0 Å². The molecular weight excluding hydrogens is 254 g/mol. The minimum atomic E-state index is -0.204. The molecule has 1 aromatic carbocycles. The van der Waals surface area contributed by atoms with E-state index in [1.165, 1.54) is 0 Å². The summed E-state index contributed by atoms with van der Waals surface area (Å²) in [7, 11) is 0. The molecule has 0 aliphatic rings. The molecular formula is C16H21NO3. The van der Waals surface area contributed by atoms with E-state index in [0.29, 0.717) is 18.7 Å². The Balaban J connectivity index is 3.02. The van der Waals surface area contributed by atoms with Crippen molar-refractivity contribution in [2.75, 3.05) is 26.3 Å². The molecule has 0 spiro atoms. The molecule has 0 saturated carbocycles. The van der Waals surface area contributed by atoms with Gasteiger partial charge in [0.05, 0.1) is 6.61 Å². The largest absolute Gasteiger partial charge is 0.395 e. The number of carbonyl (C=O) groups is 1. The van der Waals surface area contributed by atoms with E-state index >= 15 is 0 Å². The molecule has 0 heterocycles. The Kier molecular flexibility index (Phi) is 6.78. The third kappa shape index (κ3) is 4.37. The van der Waals surface area contributed by atoms with E-state index in [9.17, 15) is 4.79 Å². The Labute approximate surface area is 120 Å². The fourth-order valence-electron chi connectivity index (χ4n) is 1.91. The summed E-state index contributed by atoms with van der Waals surface area (Å²) >= 11 is 0. The molecule has 1 amide bonds. The molecule has 4 nitrogen and oxygen atoms in total. The fraction of sp³-hybridized carbons (Fsp3) is 0.438. The van der Waals surface area contributed by atoms with Gasteiger partial charge in [-0.3, -0.25) is 4.79 Å². The Morgan fingerprint density at radius 1 is 1.30 bits per heavy atom. The predicted octanol–water partition coefficient (Wildman–Crippen LogP) is 1.18. The topological polar surface area (TPSA) is 60.8 Å². The summed E-state index contributed by atoms with van der Waals surface area (Å²) in [5.41, 5.74) is 2.26. The lowest BCUT2D eigenvalue weighted by Gasteiger charge is -2.21. The van der Waals surface area contributed by atoms with E-state index < -0.39 is 0 Å². The number of rotatable bonds is 5. The molecule has 0 fully saturated rings. The number of benzene rings is 1. The summed E-state index contributed by atoms with van der Waals surface area (Å²) in [5.74, 6) is 5.33. The monoisotopic (exact) mass is 275 g/mol. The van der Waals surface area contributed by atoms with Gasteiger partial charge in [0.25, 0.3) is 5.91 Å². The predicted molar refractivity (Wildman–Crippen MR) is 78.4 cm³/mol. The normalized spacial score (nSPS) is 9.80. The number of hydrogen-bond donors (Lipinski definition) is 2. The molecule has 1 aromatic rings. The van der Waals surface area contributed by atoms with Crippen molar-refractivity contribution in [1.82, 2.24) is 4.90 Å². The van der Waals surface area contributed by atoms with Crippen LogP contribution >= 0.6 is 0 Å². The van der Waals surface area contributed by atoms with Gasteiger partial charge in [-0.05, 0) is 31.0 Å². The van der Waals surface area contributed by atoms with Gasteiger partial charge in [0, 0.05) is 24.2 Å². The van der Waals surface area contributed by atoms with E-state index in [-0.39, 0.29) is 19.1 Å². The van der Waals surface area contributed by atoms with E-state index in [1.807, 2.05) is 19.9 Å². The van der Waals surface area contributed by atoms with Crippen LogP contribution in [0.1, 0.15) is 34.8 Å². The number of amides is 1. The Bertz CT molecular complexity index is 508. The van der Waals surface area contributed by atoms with Crippen LogP contribution < -0.4 is 0 Å². The lowest BCUT2D eigenvalue weighted by Crippen LogP contribution is -2.34. The van der Waals surface area contributed by atoms with Gasteiger partial charge in [0.2, 0.25) is 0 Å². The summed E-state index contributed by atoms with van der Waals surface area (Å²) in [6, 6.07) is 5.35. The molecule has 1 rings (SSSR count). The lowest BCUT2D eigenvalue weighted by atomic mass is 10.0. The van der Waals surface area contributed by atoms with Crippen LogP contribution in [0, 0.1) is 18.8 Å². The Morgan fingerprint density at radius 2 is 2.05 bits per heavy atom. The standard InChI is InChI=1S/C16H21NO3/c1-3-8-17(9-11-19)16(20)15-7-6-13(2)14(12-15)5-4-10-18/h6-7,12,18-19H,3,8-11H2,1-2H3. The maximum absolute atomic E-state index is 12.4. The third-order valence-electron chi connectivity index (χ3n) is 2.94. The van der Waals surface area contributed by atoms with Crippen molar-refractivity contribution in [3.05, 3.63) is 34.9 Å². The molecule has 0 radical (unpaired) electrons. The summed E-state index contributed by atoms with van der Waals surface area (Å²) in [4.78, 5) is 14.0. The van der Waals surface area contributed by atoms with Crippen LogP contribution in [0.4, 0.5) is 0 Å². The maximum atomic E-state index is 12.4. The SMILES string of the molecule is CCCN(CCO)C(=O)c1ccc(C)c(C#CCO)c1. The molecule has 0 atom stereocenters. The fourth-order valence-corrected chi connectivity index (χ4v) is 1.91. The molecule has 108 valence electrons. The van der Waals surface area contributed by atoms with Gasteiger partial charge in [-0.1, -0.05) is 24.8 Å². The van der Waals surface area contributed by atoms with Gasteiger partial charge in [0.1, 0.15) is 6.61 Å². The van der Waals surface area contributed by atoms with Crippen LogP contribution in [0.3, 0.4) is 0 Å². The first-order valence-corrected chi connectivity index (χ1v) is 6.74. The summed E-state index contributed by atoms with van der Waals surface area (Å²) < 4.78 is 0. The van der Waals surface area contributed by atoms with Crippen LogP contribution in [0.5, 0.6) is 0 Å². The third-order valence-corrected chi connectivity index (χ3v) is 2.94. The molecule has 0 aliphatic heterocycles. The number of nitrogens with zero attached hydrogens (tertiary/aromatic N) is 1. The molecule has 0 bridgehead atoms. The van der Waals surface area contributed by atoms with E-state index in [4.69, 9.17) is 10.2 Å². The molecule has 0 aliphatic carbocycles. The number of hydrogen-bond acceptors (Lipinski definition) is 3. The zero-order valence-electron chi connectivity index (χ0n) is 12.0. The highest BCUT2D eigenvalue weighted by Crippen LogP contribution is 2.12. The van der Waals surface area contributed by atoms with Gasteiger partial charge < -0.3 is 15.1 Å². The number of carbonyl (C=O) groups excluding carboxylic acids is 1. The zero-order valence-corrected chi connectivity index (χ0v) is 12.0. The first kappa shape index (κ1) is 16.2. The average molecular weight is 275 g/mol. The highest BCUT2D eigenvalue weighted by Gasteiger charge is 2.15. The molecule has 0 unspecified atom stereocenters. The van der Waals surface area contributed by atoms with Crippen LogP contribution in [0.15, 0.2) is 18.2 Å². The summed E-state index contributed by atoms with van der Waals surface area (Å²) in [6.07, 6.45) is 0.842. The number of aliphatic hydroxyl groups is 2. The van der Waals surface area contributed by atoms with Crippen LogP contribution in [-0.2, 0) is 0 Å². The second-order valence-corrected chi connectivity index (χ2v) is 4.51. The quantitative estimate of drug-likeness (QED) is 0.793. The maximum Gasteiger partial charge on any atom is 0.253 e. The Morgan fingerprint density at radius 3 is 2.65 bits per heavy atom. The minimum Gasteiger partial charge on any atom is -0.395 e. The summed E-state index contributed by atoms with van der Waals surface area (Å²) in [5, 5.41) is 17.8. The molecule has 20 heavy (non-hydrogen) atoms. The number of aryl methyl sites for hydroxylation is 1. The molecule has 0 saturated heterocycles. The molecule has 2 N–H and O–H groups in total. The average Bonchev–Trinajstić information content (AvgIpc) is 2.45. The Hall–Kier alpha value is -1.83. The smallest absolute Gasteiger partial charge is 0.253 e. The second-order valence-electron chi connectivity index (χ2n) is 4.51. The highest BCUT2D eigenvalue weighted by atomic mass is 16.3. The minimum absolute atomic E-state index is 0.0468. The van der Waals surface area contributed by atoms with Gasteiger partial charge in [-0.2, -0.15) is 0 Å². The van der Waals surface area contributed by atoms with Gasteiger partial charge in [-0.25, -0.2) is 0 Å². The molecule has 4 heteroatoms. The lowest BCUT2D eigenvalue weighted by molar-refractivity contribution is 0.0722. The first-order chi connectivity index (χ1) is 9.63. The van der Waals surface area contributed by atoms with E-state index in [2.05, 4.69) is 11.8 Å². The second kappa shape index (κ2) is 8.36. The zero-order chi connectivity index (χ0) is 15.0. The van der Waals surface area contributed by atoms with Crippen molar-refractivity contribution in [2.24, 2.45) is 0 Å². The first-order valence-electron chi connectivity index (χ1n) is 6.74. The van der Waals surface area contributed by atoms with E-state index in [1.54, 1.807) is 17.0 Å². The van der Waals surface area contributed by atoms with Gasteiger partial charge in [-0.15, -0.1) is 0 Å². The van der Waals surface area contributed by atoms with Crippen LogP contribution in [0.25, 0.3) is 0 Å². The van der Waals surface area contributed by atoms with E-state index in [0.717, 1.165) is 17.5 Å². The van der Waals surface area contributed by atoms with Crippen molar-refractivity contribution in [1.29, 1.82) is 0 Å². The van der Waals surface area contributed by atoms with Crippen molar-refractivity contribution >= 4 is 5.91 Å². The van der Waals surface area contributed by atoms with Crippen molar-refractivity contribution in [3.63, 3.8) is 0 Å². The number of aliphatic hydroxyl groups excluding tert-OH is 2. The highest BCUT2D eigenvalue weighted by molar-refractivity contribution is 5.94. The molecule has 0 aromatic heterocycles. The summed E-state index contributed by atoms with van der Waals surface area (Å²) in [6.45, 7) is 4.60. The van der Waals surface area contributed by atoms with Crippen molar-refractivity contribution in [2.45, 2.75) is 20.3 Å².